The number of ether oxygens (including phenoxy) is 1. The van der Waals surface area contributed by atoms with Crippen LogP contribution in [-0.2, 0) is 4.79 Å². The van der Waals surface area contributed by atoms with Gasteiger partial charge in [-0.1, -0.05) is 25.1 Å². The fourth-order valence-electron chi connectivity index (χ4n) is 1.87. The molecule has 0 fully saturated rings. The Morgan fingerprint density at radius 1 is 1.24 bits per heavy atom. The van der Waals surface area contributed by atoms with E-state index < -0.39 is 0 Å². The molecule has 0 bridgehead atoms. The van der Waals surface area contributed by atoms with E-state index in [1.807, 2.05) is 30.3 Å². The Morgan fingerprint density at radius 2 is 2.05 bits per heavy atom. The van der Waals surface area contributed by atoms with Crippen molar-refractivity contribution in [1.82, 2.24) is 4.98 Å². The van der Waals surface area contributed by atoms with Crippen LogP contribution in [0.1, 0.15) is 13.3 Å². The van der Waals surface area contributed by atoms with Gasteiger partial charge in [-0.15, -0.1) is 0 Å². The van der Waals surface area contributed by atoms with Gasteiger partial charge in [0.1, 0.15) is 11.3 Å². The van der Waals surface area contributed by atoms with Gasteiger partial charge in [-0.3, -0.25) is 4.79 Å². The number of oxazole rings is 1. The number of aromatic nitrogens is 1. The first kappa shape index (κ1) is 13.2. The van der Waals surface area contributed by atoms with Crippen molar-refractivity contribution in [2.24, 2.45) is 0 Å². The van der Waals surface area contributed by atoms with Gasteiger partial charge in [-0.2, -0.15) is 4.98 Å². The van der Waals surface area contributed by atoms with E-state index in [2.05, 4.69) is 10.3 Å². The van der Waals surface area contributed by atoms with Crippen molar-refractivity contribution in [2.75, 3.05) is 5.32 Å². The topological polar surface area (TPSA) is 64.4 Å². The van der Waals surface area contributed by atoms with Gasteiger partial charge in [0.05, 0.1) is 0 Å². The van der Waals surface area contributed by atoms with Gasteiger partial charge < -0.3 is 14.5 Å². The molecule has 0 atom stereocenters. The number of carbonyl (C=O) groups excluding carboxylic acids is 1. The van der Waals surface area contributed by atoms with Gasteiger partial charge in [-0.05, 0) is 24.3 Å². The summed E-state index contributed by atoms with van der Waals surface area (Å²) in [6.07, 6.45) is 0.329. The minimum Gasteiger partial charge on any atom is -0.426 e. The minimum atomic E-state index is -0.281. The zero-order valence-corrected chi connectivity index (χ0v) is 11.5. The zero-order valence-electron chi connectivity index (χ0n) is 11.5. The van der Waals surface area contributed by atoms with E-state index >= 15 is 0 Å². The Morgan fingerprint density at radius 3 is 2.81 bits per heavy atom. The first-order valence-corrected chi connectivity index (χ1v) is 6.68. The molecule has 0 amide bonds. The molecule has 2 aromatic carbocycles. The molecule has 3 aromatic rings. The molecule has 1 heterocycles. The Labute approximate surface area is 121 Å². The summed E-state index contributed by atoms with van der Waals surface area (Å²) in [5, 5.41) is 3.08. The maximum atomic E-state index is 11.3. The summed E-state index contributed by atoms with van der Waals surface area (Å²) in [6.45, 7) is 1.75. The average molecular weight is 282 g/mol. The summed E-state index contributed by atoms with van der Waals surface area (Å²) in [5.41, 5.74) is 2.15. The fraction of sp³-hybridized carbons (Fsp3) is 0.125. The predicted molar refractivity (Wildman–Crippen MR) is 79.7 cm³/mol. The van der Waals surface area contributed by atoms with Gasteiger partial charge in [0, 0.05) is 18.2 Å². The van der Waals surface area contributed by atoms with Gasteiger partial charge in [-0.25, -0.2) is 0 Å². The van der Waals surface area contributed by atoms with E-state index in [1.54, 1.807) is 25.1 Å². The molecule has 0 aliphatic heterocycles. The van der Waals surface area contributed by atoms with Gasteiger partial charge in [0.25, 0.3) is 6.01 Å². The largest absolute Gasteiger partial charge is 0.426 e. The number of rotatable bonds is 4. The molecule has 0 radical (unpaired) electrons. The number of nitrogens with one attached hydrogen (secondary N) is 1. The average Bonchev–Trinajstić information content (AvgIpc) is 2.89. The molecule has 106 valence electrons. The maximum absolute atomic E-state index is 11.3. The lowest BCUT2D eigenvalue weighted by atomic mass is 10.3. The number of para-hydroxylation sites is 1. The summed E-state index contributed by atoms with van der Waals surface area (Å²) in [7, 11) is 0. The normalized spacial score (nSPS) is 10.5. The highest BCUT2D eigenvalue weighted by Crippen LogP contribution is 2.25. The van der Waals surface area contributed by atoms with Crippen LogP contribution in [0, 0.1) is 0 Å². The molecule has 0 saturated carbocycles. The quantitative estimate of drug-likeness (QED) is 0.581. The van der Waals surface area contributed by atoms with Crippen LogP contribution < -0.4 is 10.1 Å². The van der Waals surface area contributed by atoms with Gasteiger partial charge >= 0.3 is 5.97 Å². The van der Waals surface area contributed by atoms with Crippen molar-refractivity contribution in [2.45, 2.75) is 13.3 Å². The SMILES string of the molecule is CCC(=O)Oc1ccc2nc(Nc3ccccc3)oc2c1. The molecule has 0 aliphatic carbocycles. The van der Waals surface area contributed by atoms with Gasteiger partial charge in [0.15, 0.2) is 5.58 Å². The number of carbonyl (C=O) groups is 1. The number of fused-ring (bicyclic) bond motifs is 1. The van der Waals surface area contributed by atoms with E-state index in [1.165, 1.54) is 0 Å². The monoisotopic (exact) mass is 282 g/mol. The Hall–Kier alpha value is -2.82. The molecule has 3 rings (SSSR count). The molecule has 0 unspecified atom stereocenters. The Balaban J connectivity index is 1.84. The van der Waals surface area contributed by atoms with E-state index in [-0.39, 0.29) is 5.97 Å². The van der Waals surface area contributed by atoms with E-state index in [4.69, 9.17) is 9.15 Å². The lowest BCUT2D eigenvalue weighted by Crippen LogP contribution is -2.05. The number of anilines is 2. The number of hydrogen-bond acceptors (Lipinski definition) is 5. The van der Waals surface area contributed by atoms with Crippen molar-refractivity contribution in [3.05, 3.63) is 48.5 Å². The first-order valence-electron chi connectivity index (χ1n) is 6.68. The lowest BCUT2D eigenvalue weighted by molar-refractivity contribution is -0.134. The molecule has 21 heavy (non-hydrogen) atoms. The molecule has 0 saturated heterocycles. The third-order valence-electron chi connectivity index (χ3n) is 2.91. The van der Waals surface area contributed by atoms with Crippen LogP contribution in [-0.4, -0.2) is 11.0 Å². The Kier molecular flexibility index (Phi) is 3.55. The maximum Gasteiger partial charge on any atom is 0.310 e. The van der Waals surface area contributed by atoms with Crippen LogP contribution in [0.3, 0.4) is 0 Å². The van der Waals surface area contributed by atoms with Crippen LogP contribution >= 0.6 is 0 Å². The van der Waals surface area contributed by atoms with Crippen molar-refractivity contribution < 1.29 is 13.9 Å². The highest BCUT2D eigenvalue weighted by molar-refractivity contribution is 5.79. The fourth-order valence-corrected chi connectivity index (χ4v) is 1.87. The zero-order chi connectivity index (χ0) is 14.7. The second kappa shape index (κ2) is 5.66. The number of benzene rings is 2. The first-order chi connectivity index (χ1) is 10.2. The van der Waals surface area contributed by atoms with Crippen LogP contribution in [0.15, 0.2) is 52.9 Å². The van der Waals surface area contributed by atoms with Crippen molar-refractivity contribution in [3.8, 4) is 5.75 Å². The summed E-state index contributed by atoms with van der Waals surface area (Å²) >= 11 is 0. The summed E-state index contributed by atoms with van der Waals surface area (Å²) in [6, 6.07) is 15.1. The van der Waals surface area contributed by atoms with Gasteiger partial charge in [0.2, 0.25) is 0 Å². The number of esters is 1. The second-order valence-electron chi connectivity index (χ2n) is 4.47. The molecular formula is C16H14N2O3. The molecule has 0 aliphatic rings. The van der Waals surface area contributed by atoms with E-state index in [9.17, 15) is 4.79 Å². The molecule has 5 nitrogen and oxygen atoms in total. The molecular weight excluding hydrogens is 268 g/mol. The minimum absolute atomic E-state index is 0.281. The molecule has 1 aromatic heterocycles. The summed E-state index contributed by atoms with van der Waals surface area (Å²) in [4.78, 5) is 15.6. The lowest BCUT2D eigenvalue weighted by Gasteiger charge is -2.00. The third-order valence-corrected chi connectivity index (χ3v) is 2.91. The van der Waals surface area contributed by atoms with Crippen LogP contribution in [0.4, 0.5) is 11.7 Å². The second-order valence-corrected chi connectivity index (χ2v) is 4.47. The van der Waals surface area contributed by atoms with E-state index in [0.717, 1.165) is 5.69 Å². The Bertz CT molecular complexity index is 766. The van der Waals surface area contributed by atoms with Crippen molar-refractivity contribution in [3.63, 3.8) is 0 Å². The van der Waals surface area contributed by atoms with Crippen LogP contribution in [0.2, 0.25) is 0 Å². The highest BCUT2D eigenvalue weighted by Gasteiger charge is 2.09. The third kappa shape index (κ3) is 3.02. The molecule has 1 N–H and O–H groups in total. The van der Waals surface area contributed by atoms with E-state index in [0.29, 0.717) is 29.3 Å². The predicted octanol–water partition coefficient (Wildman–Crippen LogP) is 3.89. The number of nitrogens with zero attached hydrogens (tertiary/aromatic N) is 1. The van der Waals surface area contributed by atoms with Crippen LogP contribution in [0.5, 0.6) is 5.75 Å². The number of hydrogen-bond donors (Lipinski definition) is 1. The van der Waals surface area contributed by atoms with Crippen molar-refractivity contribution >= 4 is 28.8 Å². The van der Waals surface area contributed by atoms with Crippen LogP contribution in [0.25, 0.3) is 11.1 Å². The molecule has 0 spiro atoms. The highest BCUT2D eigenvalue weighted by atomic mass is 16.5. The standard InChI is InChI=1S/C16H14N2O3/c1-2-15(19)20-12-8-9-13-14(10-12)21-16(18-13)17-11-6-4-3-5-7-11/h3-10H,2H2,1H3,(H,17,18). The summed E-state index contributed by atoms with van der Waals surface area (Å²) < 4.78 is 10.8. The summed E-state index contributed by atoms with van der Waals surface area (Å²) in [5.74, 6) is 0.174. The van der Waals surface area contributed by atoms with Crippen molar-refractivity contribution in [1.29, 1.82) is 0 Å². The smallest absolute Gasteiger partial charge is 0.310 e. The molecule has 5 heteroatoms.